The summed E-state index contributed by atoms with van der Waals surface area (Å²) in [6.07, 6.45) is 4.99. The predicted octanol–water partition coefficient (Wildman–Crippen LogP) is 6.05. The fraction of sp³-hybridized carbons (Fsp3) is 0.138. The quantitative estimate of drug-likeness (QED) is 0.249. The van der Waals surface area contributed by atoms with Gasteiger partial charge in [-0.05, 0) is 71.0 Å². The lowest BCUT2D eigenvalue weighted by molar-refractivity contribution is -0.137. The first-order valence-electron chi connectivity index (χ1n) is 11.6. The Hall–Kier alpha value is -4.24. The standard InChI is InChI=1S/C29H24F2N2O4S/c1-38-27-14-26(31)25(30)13-24(27)21-7-9-23(10-8-21)37-18-19-4-2-6-22(12-19)29(36)33(17-28(34)35)16-20-5-3-11-32-15-20/h2-15H,16-18H2,1H3,(H,34,35). The molecule has 0 unspecified atom stereocenters. The number of aromatic nitrogens is 1. The van der Waals surface area contributed by atoms with Crippen LogP contribution in [0.5, 0.6) is 5.75 Å². The average molecular weight is 535 g/mol. The molecule has 9 heteroatoms. The summed E-state index contributed by atoms with van der Waals surface area (Å²) in [5, 5.41) is 9.30. The number of carbonyl (C=O) groups is 2. The van der Waals surface area contributed by atoms with Crippen LogP contribution in [0.25, 0.3) is 11.1 Å². The third-order valence-electron chi connectivity index (χ3n) is 5.70. The molecule has 4 rings (SSSR count). The van der Waals surface area contributed by atoms with Crippen molar-refractivity contribution in [3.63, 3.8) is 0 Å². The molecule has 0 saturated carbocycles. The largest absolute Gasteiger partial charge is 0.489 e. The summed E-state index contributed by atoms with van der Waals surface area (Å²) in [4.78, 5) is 30.4. The van der Waals surface area contributed by atoms with E-state index < -0.39 is 30.1 Å². The molecule has 1 aromatic heterocycles. The third-order valence-corrected chi connectivity index (χ3v) is 6.47. The molecule has 38 heavy (non-hydrogen) atoms. The van der Waals surface area contributed by atoms with Crippen LogP contribution in [-0.2, 0) is 17.9 Å². The SMILES string of the molecule is CSc1cc(F)c(F)cc1-c1ccc(OCc2cccc(C(=O)N(CC(=O)O)Cc3cccnc3)c2)cc1. The first-order chi connectivity index (χ1) is 18.3. The second-order valence-corrected chi connectivity index (χ2v) is 9.24. The van der Waals surface area contributed by atoms with E-state index in [2.05, 4.69) is 4.98 Å². The van der Waals surface area contributed by atoms with E-state index in [0.29, 0.717) is 21.8 Å². The number of carbonyl (C=O) groups excluding carboxylic acids is 1. The molecule has 3 aromatic carbocycles. The molecule has 0 aliphatic rings. The van der Waals surface area contributed by atoms with Gasteiger partial charge >= 0.3 is 5.97 Å². The van der Waals surface area contributed by atoms with E-state index in [1.807, 2.05) is 0 Å². The van der Waals surface area contributed by atoms with Gasteiger partial charge in [-0.25, -0.2) is 8.78 Å². The van der Waals surface area contributed by atoms with Gasteiger partial charge in [0.05, 0.1) is 0 Å². The Morgan fingerprint density at radius 1 is 0.974 bits per heavy atom. The Morgan fingerprint density at radius 2 is 1.71 bits per heavy atom. The van der Waals surface area contributed by atoms with Crippen molar-refractivity contribution in [1.82, 2.24) is 9.88 Å². The van der Waals surface area contributed by atoms with Crippen molar-refractivity contribution in [1.29, 1.82) is 0 Å². The zero-order valence-corrected chi connectivity index (χ0v) is 21.3. The number of nitrogens with zero attached hydrogens (tertiary/aromatic N) is 2. The van der Waals surface area contributed by atoms with E-state index in [-0.39, 0.29) is 13.2 Å². The molecule has 0 atom stereocenters. The van der Waals surface area contributed by atoms with Crippen molar-refractivity contribution in [2.75, 3.05) is 12.8 Å². The number of hydrogen-bond acceptors (Lipinski definition) is 5. The van der Waals surface area contributed by atoms with Crippen molar-refractivity contribution in [3.05, 3.63) is 114 Å². The first-order valence-corrected chi connectivity index (χ1v) is 12.8. The van der Waals surface area contributed by atoms with E-state index in [0.717, 1.165) is 16.7 Å². The molecule has 194 valence electrons. The minimum Gasteiger partial charge on any atom is -0.489 e. The van der Waals surface area contributed by atoms with Crippen molar-refractivity contribution >= 4 is 23.6 Å². The summed E-state index contributed by atoms with van der Waals surface area (Å²) < 4.78 is 33.3. The lowest BCUT2D eigenvalue weighted by Crippen LogP contribution is -2.35. The van der Waals surface area contributed by atoms with Crippen molar-refractivity contribution < 1.29 is 28.2 Å². The maximum absolute atomic E-state index is 13.8. The Labute approximate surface area is 222 Å². The number of halogens is 2. The highest BCUT2D eigenvalue weighted by atomic mass is 32.2. The second-order valence-electron chi connectivity index (χ2n) is 8.40. The number of benzene rings is 3. The Kier molecular flexibility index (Phi) is 8.70. The Balaban J connectivity index is 1.45. The van der Waals surface area contributed by atoms with Gasteiger partial charge in [0.15, 0.2) is 11.6 Å². The summed E-state index contributed by atoms with van der Waals surface area (Å²) in [6.45, 7) is -0.164. The third kappa shape index (κ3) is 6.74. The second kappa shape index (κ2) is 12.3. The normalized spacial score (nSPS) is 10.7. The van der Waals surface area contributed by atoms with Crippen LogP contribution in [0.3, 0.4) is 0 Å². The van der Waals surface area contributed by atoms with Gasteiger partial charge < -0.3 is 14.7 Å². The highest BCUT2D eigenvalue weighted by molar-refractivity contribution is 7.98. The van der Waals surface area contributed by atoms with Crippen LogP contribution in [0.1, 0.15) is 21.5 Å². The number of ether oxygens (including phenoxy) is 1. The van der Waals surface area contributed by atoms with Crippen LogP contribution in [-0.4, -0.2) is 39.7 Å². The van der Waals surface area contributed by atoms with Crippen molar-refractivity contribution in [3.8, 4) is 16.9 Å². The van der Waals surface area contributed by atoms with Crippen LogP contribution in [0.4, 0.5) is 8.78 Å². The smallest absolute Gasteiger partial charge is 0.323 e. The number of rotatable bonds is 10. The minimum atomic E-state index is -1.11. The molecule has 1 N–H and O–H groups in total. The van der Waals surface area contributed by atoms with Gasteiger partial charge in [0, 0.05) is 29.4 Å². The molecule has 6 nitrogen and oxygen atoms in total. The van der Waals surface area contributed by atoms with Gasteiger partial charge in [-0.15, -0.1) is 11.8 Å². The van der Waals surface area contributed by atoms with Gasteiger partial charge in [-0.2, -0.15) is 0 Å². The van der Waals surface area contributed by atoms with Crippen LogP contribution in [0.15, 0.2) is 90.1 Å². The van der Waals surface area contributed by atoms with Crippen molar-refractivity contribution in [2.45, 2.75) is 18.0 Å². The summed E-state index contributed by atoms with van der Waals surface area (Å²) >= 11 is 1.33. The zero-order valence-electron chi connectivity index (χ0n) is 20.4. The Morgan fingerprint density at radius 3 is 2.39 bits per heavy atom. The van der Waals surface area contributed by atoms with Crippen molar-refractivity contribution in [2.24, 2.45) is 0 Å². The summed E-state index contributed by atoms with van der Waals surface area (Å²) in [6, 6.07) is 19.7. The fourth-order valence-electron chi connectivity index (χ4n) is 3.87. The number of carboxylic acid groups (broad SMARTS) is 1. The van der Waals surface area contributed by atoms with Gasteiger partial charge in [0.1, 0.15) is 18.9 Å². The van der Waals surface area contributed by atoms with Gasteiger partial charge in [-0.1, -0.05) is 30.3 Å². The highest BCUT2D eigenvalue weighted by Gasteiger charge is 2.19. The van der Waals surface area contributed by atoms with E-state index in [4.69, 9.17) is 4.74 Å². The average Bonchev–Trinajstić information content (AvgIpc) is 2.93. The molecule has 0 aliphatic heterocycles. The minimum absolute atomic E-state index is 0.113. The number of carboxylic acids is 1. The molecule has 1 amide bonds. The molecule has 0 fully saturated rings. The number of thioether (sulfide) groups is 1. The molecule has 0 spiro atoms. The molecule has 1 heterocycles. The fourth-order valence-corrected chi connectivity index (χ4v) is 4.49. The van der Waals surface area contributed by atoms with Crippen LogP contribution >= 0.6 is 11.8 Å². The molecule has 0 saturated heterocycles. The molecule has 0 aliphatic carbocycles. The lowest BCUT2D eigenvalue weighted by atomic mass is 10.1. The highest BCUT2D eigenvalue weighted by Crippen LogP contribution is 2.33. The monoisotopic (exact) mass is 534 g/mol. The maximum atomic E-state index is 13.8. The number of aliphatic carboxylic acids is 1. The maximum Gasteiger partial charge on any atom is 0.323 e. The summed E-state index contributed by atoms with van der Waals surface area (Å²) in [5.41, 5.74) is 3.10. The molecular weight excluding hydrogens is 510 g/mol. The summed E-state index contributed by atoms with van der Waals surface area (Å²) in [7, 11) is 0. The van der Waals surface area contributed by atoms with E-state index in [1.165, 1.54) is 28.8 Å². The zero-order chi connectivity index (χ0) is 27.1. The van der Waals surface area contributed by atoms with E-state index in [9.17, 15) is 23.5 Å². The molecule has 0 radical (unpaired) electrons. The van der Waals surface area contributed by atoms with Crippen LogP contribution in [0.2, 0.25) is 0 Å². The molecule has 0 bridgehead atoms. The predicted molar refractivity (Wildman–Crippen MR) is 141 cm³/mol. The van der Waals surface area contributed by atoms with E-state index in [1.54, 1.807) is 79.3 Å². The number of hydrogen-bond donors (Lipinski definition) is 1. The van der Waals surface area contributed by atoms with Gasteiger partial charge in [0.25, 0.3) is 5.91 Å². The van der Waals surface area contributed by atoms with E-state index >= 15 is 0 Å². The number of pyridine rings is 1. The first kappa shape index (κ1) is 26.8. The topological polar surface area (TPSA) is 79.7 Å². The lowest BCUT2D eigenvalue weighted by Gasteiger charge is -2.21. The van der Waals surface area contributed by atoms with Crippen LogP contribution in [0, 0.1) is 11.6 Å². The van der Waals surface area contributed by atoms with Gasteiger partial charge in [-0.3, -0.25) is 14.6 Å². The number of amides is 1. The molecular formula is C29H24F2N2O4S. The van der Waals surface area contributed by atoms with Crippen LogP contribution < -0.4 is 4.74 Å². The van der Waals surface area contributed by atoms with Gasteiger partial charge in [0.2, 0.25) is 0 Å². The Bertz CT molecular complexity index is 1430. The summed E-state index contributed by atoms with van der Waals surface area (Å²) in [5.74, 6) is -2.77. The molecule has 4 aromatic rings.